The van der Waals surface area contributed by atoms with E-state index in [-0.39, 0.29) is 16.7 Å². The van der Waals surface area contributed by atoms with Crippen molar-refractivity contribution in [3.63, 3.8) is 0 Å². The number of benzene rings is 2. The minimum atomic E-state index is -1.05. The Balaban J connectivity index is 2.12. The molecule has 1 aliphatic heterocycles. The normalized spacial score (nSPS) is 15.3. The average molecular weight is 398 g/mol. The number of nitrogens with zero attached hydrogens (tertiary/aromatic N) is 1. The predicted octanol–water partition coefficient (Wildman–Crippen LogP) is 3.92. The summed E-state index contributed by atoms with van der Waals surface area (Å²) < 4.78 is 4.86. The molecule has 0 saturated carbocycles. The van der Waals surface area contributed by atoms with Crippen LogP contribution in [-0.2, 0) is 14.3 Å². The van der Waals surface area contributed by atoms with Gasteiger partial charge in [0.15, 0.2) is 0 Å². The number of carboxylic acid groups (broad SMARTS) is 1. The van der Waals surface area contributed by atoms with E-state index >= 15 is 0 Å². The Bertz CT molecular complexity index is 1040. The molecule has 1 aliphatic rings. The maximum absolute atomic E-state index is 13.1. The summed E-state index contributed by atoms with van der Waals surface area (Å²) in [6.07, 6.45) is 1.53. The highest BCUT2D eigenvalue weighted by Crippen LogP contribution is 2.38. The van der Waals surface area contributed by atoms with Crippen LogP contribution >= 0.6 is 11.6 Å². The standard InChI is InChI=1S/C21H16ClNO5/c1-12-18(21(27)28-2)15(11-13-7-9-14(10-8-13)20(25)26)19(24)23(12)17-6-4-3-5-16(17)22/h3-11H,1-2H3,(H,25,26). The fourth-order valence-corrected chi connectivity index (χ4v) is 3.21. The highest BCUT2D eigenvalue weighted by molar-refractivity contribution is 6.35. The second-order valence-corrected chi connectivity index (χ2v) is 6.44. The first-order valence-electron chi connectivity index (χ1n) is 8.28. The lowest BCUT2D eigenvalue weighted by atomic mass is 10.0. The van der Waals surface area contributed by atoms with Crippen molar-refractivity contribution in [1.82, 2.24) is 0 Å². The number of methoxy groups -OCH3 is 1. The number of halogens is 1. The SMILES string of the molecule is COC(=O)C1=C(C)N(c2ccccc2Cl)C(=O)C1=Cc1ccc(C(=O)O)cc1. The number of carbonyl (C=O) groups excluding carboxylic acids is 2. The molecule has 0 spiro atoms. The Morgan fingerprint density at radius 3 is 2.32 bits per heavy atom. The molecule has 1 amide bonds. The summed E-state index contributed by atoms with van der Waals surface area (Å²) in [5.74, 6) is -2.12. The van der Waals surface area contributed by atoms with Crippen molar-refractivity contribution >= 4 is 41.2 Å². The molecule has 0 saturated heterocycles. The summed E-state index contributed by atoms with van der Waals surface area (Å²) >= 11 is 6.24. The molecule has 6 nitrogen and oxygen atoms in total. The highest BCUT2D eigenvalue weighted by atomic mass is 35.5. The number of rotatable bonds is 4. The first kappa shape index (κ1) is 19.4. The van der Waals surface area contributed by atoms with Crippen molar-refractivity contribution in [2.45, 2.75) is 6.92 Å². The van der Waals surface area contributed by atoms with Crippen LogP contribution in [0.5, 0.6) is 0 Å². The van der Waals surface area contributed by atoms with Crippen molar-refractivity contribution in [3.8, 4) is 0 Å². The molecule has 3 rings (SSSR count). The van der Waals surface area contributed by atoms with Crippen LogP contribution in [0.2, 0.25) is 5.02 Å². The second-order valence-electron chi connectivity index (χ2n) is 6.03. The fourth-order valence-electron chi connectivity index (χ4n) is 2.99. The number of hydrogen-bond donors (Lipinski definition) is 1. The van der Waals surface area contributed by atoms with E-state index in [1.165, 1.54) is 30.2 Å². The number of anilines is 1. The van der Waals surface area contributed by atoms with Crippen molar-refractivity contribution < 1.29 is 24.2 Å². The number of esters is 1. The number of aromatic carboxylic acids is 1. The van der Waals surface area contributed by atoms with Crippen LogP contribution in [-0.4, -0.2) is 30.1 Å². The van der Waals surface area contributed by atoms with Crippen LogP contribution in [0.15, 0.2) is 65.4 Å². The Morgan fingerprint density at radius 2 is 1.75 bits per heavy atom. The van der Waals surface area contributed by atoms with Gasteiger partial charge in [0.1, 0.15) is 0 Å². The monoisotopic (exact) mass is 397 g/mol. The zero-order valence-corrected chi connectivity index (χ0v) is 15.9. The fraction of sp³-hybridized carbons (Fsp3) is 0.0952. The summed E-state index contributed by atoms with van der Waals surface area (Å²) in [5, 5.41) is 9.38. The summed E-state index contributed by atoms with van der Waals surface area (Å²) in [6.45, 7) is 1.64. The van der Waals surface area contributed by atoms with E-state index in [4.69, 9.17) is 21.4 Å². The zero-order chi connectivity index (χ0) is 20.4. The third-order valence-electron chi connectivity index (χ3n) is 4.35. The van der Waals surface area contributed by atoms with Crippen LogP contribution in [0.3, 0.4) is 0 Å². The van der Waals surface area contributed by atoms with Crippen LogP contribution in [0.25, 0.3) is 6.08 Å². The number of carbonyl (C=O) groups is 3. The van der Waals surface area contributed by atoms with Gasteiger partial charge in [-0.15, -0.1) is 0 Å². The molecule has 2 aromatic rings. The molecule has 142 valence electrons. The van der Waals surface area contributed by atoms with Crippen molar-refractivity contribution in [2.75, 3.05) is 12.0 Å². The Hall–Kier alpha value is -3.38. The minimum absolute atomic E-state index is 0.123. The molecule has 0 fully saturated rings. The number of amides is 1. The number of hydrogen-bond acceptors (Lipinski definition) is 4. The van der Waals surface area contributed by atoms with E-state index in [2.05, 4.69) is 0 Å². The molecule has 0 unspecified atom stereocenters. The summed E-state index contributed by atoms with van der Waals surface area (Å²) in [7, 11) is 1.24. The minimum Gasteiger partial charge on any atom is -0.478 e. The quantitative estimate of drug-likeness (QED) is 0.624. The van der Waals surface area contributed by atoms with Crippen molar-refractivity contribution in [2.24, 2.45) is 0 Å². The molecule has 0 aromatic heterocycles. The molecule has 0 atom stereocenters. The van der Waals surface area contributed by atoms with Gasteiger partial charge in [0.05, 0.1) is 34.5 Å². The summed E-state index contributed by atoms with van der Waals surface area (Å²) in [6, 6.07) is 12.8. The van der Waals surface area contributed by atoms with E-state index in [1.54, 1.807) is 43.3 Å². The molecule has 0 aliphatic carbocycles. The number of ether oxygens (including phenoxy) is 1. The number of para-hydroxylation sites is 1. The van der Waals surface area contributed by atoms with Crippen LogP contribution < -0.4 is 4.90 Å². The Labute approximate surface area is 166 Å². The van der Waals surface area contributed by atoms with Gasteiger partial charge in [-0.2, -0.15) is 0 Å². The van der Waals surface area contributed by atoms with Gasteiger partial charge in [-0.05, 0) is 42.8 Å². The molecule has 1 N–H and O–H groups in total. The van der Waals surface area contributed by atoms with Crippen molar-refractivity contribution in [1.29, 1.82) is 0 Å². The molecule has 28 heavy (non-hydrogen) atoms. The summed E-state index contributed by atoms with van der Waals surface area (Å²) in [4.78, 5) is 37.9. The van der Waals surface area contributed by atoms with Crippen LogP contribution in [0.1, 0.15) is 22.8 Å². The molecular weight excluding hydrogens is 382 g/mol. The van der Waals surface area contributed by atoms with Crippen LogP contribution in [0.4, 0.5) is 5.69 Å². The summed E-state index contributed by atoms with van der Waals surface area (Å²) in [5.41, 5.74) is 1.83. The first-order valence-corrected chi connectivity index (χ1v) is 8.66. The van der Waals surface area contributed by atoms with E-state index in [9.17, 15) is 14.4 Å². The van der Waals surface area contributed by atoms with Crippen molar-refractivity contribution in [3.05, 3.63) is 81.5 Å². The van der Waals surface area contributed by atoms with Gasteiger partial charge >= 0.3 is 11.9 Å². The number of carboxylic acids is 1. The lowest BCUT2D eigenvalue weighted by Crippen LogP contribution is -2.24. The smallest absolute Gasteiger partial charge is 0.340 e. The van der Waals surface area contributed by atoms with Gasteiger partial charge in [0.25, 0.3) is 5.91 Å². The molecular formula is C21H16ClNO5. The average Bonchev–Trinajstić information content (AvgIpc) is 2.92. The lowest BCUT2D eigenvalue weighted by molar-refractivity contribution is -0.136. The third-order valence-corrected chi connectivity index (χ3v) is 4.67. The van der Waals surface area contributed by atoms with E-state index < -0.39 is 17.8 Å². The second kappa shape index (κ2) is 7.70. The van der Waals surface area contributed by atoms with E-state index in [0.717, 1.165) is 0 Å². The van der Waals surface area contributed by atoms with Gasteiger partial charge in [0.2, 0.25) is 0 Å². The van der Waals surface area contributed by atoms with Gasteiger partial charge in [0, 0.05) is 5.70 Å². The van der Waals surface area contributed by atoms with Gasteiger partial charge in [-0.1, -0.05) is 35.9 Å². The first-order chi connectivity index (χ1) is 13.3. The Kier molecular flexibility index (Phi) is 5.33. The third kappa shape index (κ3) is 3.42. The zero-order valence-electron chi connectivity index (χ0n) is 15.1. The molecule has 0 radical (unpaired) electrons. The van der Waals surface area contributed by atoms with Crippen LogP contribution in [0, 0.1) is 0 Å². The van der Waals surface area contributed by atoms with Gasteiger partial charge in [-0.3, -0.25) is 9.69 Å². The maximum Gasteiger partial charge on any atom is 0.340 e. The van der Waals surface area contributed by atoms with Gasteiger partial charge < -0.3 is 9.84 Å². The number of allylic oxidation sites excluding steroid dienone is 1. The highest BCUT2D eigenvalue weighted by Gasteiger charge is 2.38. The molecule has 2 aromatic carbocycles. The van der Waals surface area contributed by atoms with Gasteiger partial charge in [-0.25, -0.2) is 9.59 Å². The van der Waals surface area contributed by atoms with E-state index in [1.807, 2.05) is 0 Å². The largest absolute Gasteiger partial charge is 0.478 e. The topological polar surface area (TPSA) is 83.9 Å². The van der Waals surface area contributed by atoms with E-state index in [0.29, 0.717) is 22.0 Å². The Morgan fingerprint density at radius 1 is 1.11 bits per heavy atom. The predicted molar refractivity (Wildman–Crippen MR) is 105 cm³/mol. The molecule has 7 heteroatoms. The molecule has 0 bridgehead atoms. The maximum atomic E-state index is 13.1. The lowest BCUT2D eigenvalue weighted by Gasteiger charge is -2.19. The molecule has 1 heterocycles.